The van der Waals surface area contributed by atoms with Crippen molar-refractivity contribution < 1.29 is 18.3 Å². The number of anilines is 1. The molecule has 1 aliphatic rings. The highest BCUT2D eigenvalue weighted by Crippen LogP contribution is 2.36. The number of rotatable bonds is 8. The fourth-order valence-corrected chi connectivity index (χ4v) is 5.44. The van der Waals surface area contributed by atoms with E-state index in [2.05, 4.69) is 25.0 Å². The van der Waals surface area contributed by atoms with E-state index in [-0.39, 0.29) is 36.5 Å². The van der Waals surface area contributed by atoms with E-state index >= 15 is 0 Å². The van der Waals surface area contributed by atoms with E-state index in [1.54, 1.807) is 30.7 Å². The third kappa shape index (κ3) is 5.41. The number of β-amino-alcohol motifs (C(OH)–C–C–N with tert-alkyl or cyclic N) is 1. The molecule has 13 heteroatoms. The number of aliphatic hydroxyl groups is 1. The molecular formula is C28H26F3N9O. The van der Waals surface area contributed by atoms with Crippen LogP contribution in [-0.4, -0.2) is 63.9 Å². The molecule has 1 fully saturated rings. The number of benzene rings is 2. The predicted octanol–water partition coefficient (Wildman–Crippen LogP) is 3.43. The number of likely N-dealkylation sites (tertiary alicyclic amines) is 1. The van der Waals surface area contributed by atoms with Gasteiger partial charge in [-0.1, -0.05) is 6.07 Å². The maximum absolute atomic E-state index is 14.9. The van der Waals surface area contributed by atoms with E-state index in [0.717, 1.165) is 12.1 Å². The Balaban J connectivity index is 1.32. The summed E-state index contributed by atoms with van der Waals surface area (Å²) in [5, 5.41) is 15.9. The molecule has 0 amide bonds. The van der Waals surface area contributed by atoms with Crippen LogP contribution in [0.5, 0.6) is 0 Å². The number of nitrogen functional groups attached to an aromatic ring is 1. The van der Waals surface area contributed by atoms with Crippen LogP contribution < -0.4 is 5.73 Å². The smallest absolute Gasteiger partial charge is 0.220 e. The summed E-state index contributed by atoms with van der Waals surface area (Å²) in [6.07, 6.45) is 6.72. The molecule has 1 unspecified atom stereocenters. The van der Waals surface area contributed by atoms with Gasteiger partial charge >= 0.3 is 0 Å². The minimum absolute atomic E-state index is 0.0313. The summed E-state index contributed by atoms with van der Waals surface area (Å²) in [6.45, 7) is 1.06. The first-order chi connectivity index (χ1) is 19.8. The Labute approximate surface area is 233 Å². The van der Waals surface area contributed by atoms with Crippen LogP contribution in [0, 0.1) is 17.5 Å². The van der Waals surface area contributed by atoms with Crippen molar-refractivity contribution >= 4 is 5.95 Å². The summed E-state index contributed by atoms with van der Waals surface area (Å²) in [5.74, 6) is -1.83. The minimum atomic E-state index is -1.72. The molecule has 1 aliphatic heterocycles. The van der Waals surface area contributed by atoms with Crippen molar-refractivity contribution in [2.75, 3.05) is 25.4 Å². The van der Waals surface area contributed by atoms with Gasteiger partial charge < -0.3 is 15.4 Å². The normalized spacial score (nSPS) is 17.1. The lowest BCUT2D eigenvalue weighted by molar-refractivity contribution is -0.0170. The van der Waals surface area contributed by atoms with Crippen LogP contribution in [-0.2, 0) is 12.1 Å². The van der Waals surface area contributed by atoms with Gasteiger partial charge in [0, 0.05) is 49.1 Å². The summed E-state index contributed by atoms with van der Waals surface area (Å²) >= 11 is 0. The maximum atomic E-state index is 14.9. The SMILES string of the molecule is Nc1nccc(-c2c(-c3ccc(F)cc3)ncn2[C@H]2CCN(CC(O)(Cn3cncn3)c3ccc(F)cc3F)C2)n1. The van der Waals surface area contributed by atoms with Crippen LogP contribution in [0.15, 0.2) is 73.7 Å². The van der Waals surface area contributed by atoms with Crippen LogP contribution in [0.4, 0.5) is 19.1 Å². The van der Waals surface area contributed by atoms with E-state index in [4.69, 9.17) is 5.73 Å². The second kappa shape index (κ2) is 10.7. The van der Waals surface area contributed by atoms with Gasteiger partial charge in [-0.3, -0.25) is 4.90 Å². The summed E-state index contributed by atoms with van der Waals surface area (Å²) in [5.41, 5.74) is 6.71. The first kappa shape index (κ1) is 26.6. The molecule has 5 aromatic rings. The van der Waals surface area contributed by atoms with Gasteiger partial charge in [-0.2, -0.15) is 5.10 Å². The zero-order chi connectivity index (χ0) is 28.6. The standard InChI is InChI=1S/C28H26F3N9O/c29-19-3-1-18(2-4-19)25-26(24-7-9-34-27(32)37-24)40(17-35-25)21-8-10-38(12-21)13-28(41,14-39-16-33-15-36-39)22-6-5-20(30)11-23(22)31/h1-7,9,11,15-17,21,41H,8,10,12-14H2,(H2,32,34,37)/t21-,28?/m0/s1. The summed E-state index contributed by atoms with van der Waals surface area (Å²) in [7, 11) is 0. The summed E-state index contributed by atoms with van der Waals surface area (Å²) in [4.78, 5) is 19.0. The molecule has 3 aromatic heterocycles. The van der Waals surface area contributed by atoms with Crippen LogP contribution in [0.2, 0.25) is 0 Å². The number of nitrogens with two attached hydrogens (primary N) is 1. The van der Waals surface area contributed by atoms with E-state index in [9.17, 15) is 18.3 Å². The molecule has 0 aliphatic carbocycles. The van der Waals surface area contributed by atoms with Gasteiger partial charge in [-0.15, -0.1) is 0 Å². The van der Waals surface area contributed by atoms with Gasteiger partial charge in [-0.05, 0) is 42.8 Å². The average Bonchev–Trinajstić information content (AvgIpc) is 3.70. The maximum Gasteiger partial charge on any atom is 0.220 e. The van der Waals surface area contributed by atoms with Gasteiger partial charge in [-0.25, -0.2) is 37.8 Å². The number of aromatic nitrogens is 7. The van der Waals surface area contributed by atoms with Crippen molar-refractivity contribution in [2.45, 2.75) is 24.6 Å². The summed E-state index contributed by atoms with van der Waals surface area (Å²) < 4.78 is 45.7. The fourth-order valence-electron chi connectivity index (χ4n) is 5.44. The number of hydrogen-bond acceptors (Lipinski definition) is 8. The van der Waals surface area contributed by atoms with E-state index in [1.165, 1.54) is 35.5 Å². The third-order valence-electron chi connectivity index (χ3n) is 7.28. The van der Waals surface area contributed by atoms with E-state index in [0.29, 0.717) is 42.2 Å². The molecule has 0 saturated carbocycles. The Bertz CT molecular complexity index is 1660. The molecule has 0 bridgehead atoms. The zero-order valence-corrected chi connectivity index (χ0v) is 21.8. The number of hydrogen-bond donors (Lipinski definition) is 2. The second-order valence-electron chi connectivity index (χ2n) is 10.1. The first-order valence-electron chi connectivity index (χ1n) is 12.9. The average molecular weight is 562 g/mol. The fraction of sp³-hybridized carbons (Fsp3) is 0.250. The highest BCUT2D eigenvalue weighted by Gasteiger charge is 2.38. The van der Waals surface area contributed by atoms with Gasteiger partial charge in [0.05, 0.1) is 30.0 Å². The zero-order valence-electron chi connectivity index (χ0n) is 21.8. The third-order valence-corrected chi connectivity index (χ3v) is 7.28. The number of imidazole rings is 1. The van der Waals surface area contributed by atoms with Crippen molar-refractivity contribution in [3.8, 4) is 22.6 Å². The largest absolute Gasteiger partial charge is 0.382 e. The van der Waals surface area contributed by atoms with Crippen LogP contribution in [0.25, 0.3) is 22.6 Å². The molecule has 210 valence electrons. The highest BCUT2D eigenvalue weighted by molar-refractivity contribution is 5.77. The molecular weight excluding hydrogens is 535 g/mol. The molecule has 0 radical (unpaired) electrons. The lowest BCUT2D eigenvalue weighted by atomic mass is 9.92. The number of halogens is 3. The van der Waals surface area contributed by atoms with Crippen molar-refractivity contribution in [1.29, 1.82) is 0 Å². The molecule has 41 heavy (non-hydrogen) atoms. The van der Waals surface area contributed by atoms with Gasteiger partial charge in [0.25, 0.3) is 0 Å². The Hall–Kier alpha value is -4.62. The van der Waals surface area contributed by atoms with Gasteiger partial charge in [0.2, 0.25) is 5.95 Å². The summed E-state index contributed by atoms with van der Waals surface area (Å²) in [6, 6.07) is 10.8. The lowest BCUT2D eigenvalue weighted by Gasteiger charge is -2.33. The predicted molar refractivity (Wildman–Crippen MR) is 143 cm³/mol. The molecule has 6 rings (SSSR count). The van der Waals surface area contributed by atoms with Crippen LogP contribution in [0.1, 0.15) is 18.0 Å². The topological polar surface area (TPSA) is 124 Å². The quantitative estimate of drug-likeness (QED) is 0.295. The first-order valence-corrected chi connectivity index (χ1v) is 12.9. The Morgan fingerprint density at radius 1 is 0.976 bits per heavy atom. The van der Waals surface area contributed by atoms with Crippen LogP contribution in [0.3, 0.4) is 0 Å². The molecule has 2 atom stereocenters. The molecule has 1 saturated heterocycles. The van der Waals surface area contributed by atoms with Gasteiger partial charge in [0.1, 0.15) is 35.7 Å². The van der Waals surface area contributed by atoms with E-state index < -0.39 is 17.2 Å². The Morgan fingerprint density at radius 2 is 1.78 bits per heavy atom. The Morgan fingerprint density at radius 3 is 2.51 bits per heavy atom. The Kier molecular flexibility index (Phi) is 6.97. The molecule has 2 aromatic carbocycles. The highest BCUT2D eigenvalue weighted by atomic mass is 19.1. The minimum Gasteiger partial charge on any atom is -0.382 e. The van der Waals surface area contributed by atoms with Crippen molar-refractivity contribution in [3.63, 3.8) is 0 Å². The second-order valence-corrected chi connectivity index (χ2v) is 10.1. The molecule has 0 spiro atoms. The number of nitrogens with zero attached hydrogens (tertiary/aromatic N) is 8. The molecule has 10 nitrogen and oxygen atoms in total. The molecule has 3 N–H and O–H groups in total. The van der Waals surface area contributed by atoms with Crippen molar-refractivity contribution in [1.82, 2.24) is 39.2 Å². The van der Waals surface area contributed by atoms with E-state index in [1.807, 2.05) is 9.47 Å². The van der Waals surface area contributed by atoms with Gasteiger partial charge in [0.15, 0.2) is 0 Å². The van der Waals surface area contributed by atoms with Crippen molar-refractivity contribution in [3.05, 3.63) is 96.7 Å². The lowest BCUT2D eigenvalue weighted by Crippen LogP contribution is -2.44. The van der Waals surface area contributed by atoms with Crippen molar-refractivity contribution in [2.24, 2.45) is 0 Å². The monoisotopic (exact) mass is 561 g/mol. The van der Waals surface area contributed by atoms with Crippen LogP contribution >= 0.6 is 0 Å². The molecule has 4 heterocycles.